The van der Waals surface area contributed by atoms with E-state index in [4.69, 9.17) is 4.74 Å². The van der Waals surface area contributed by atoms with Gasteiger partial charge in [-0.25, -0.2) is 0 Å². The van der Waals surface area contributed by atoms with Gasteiger partial charge in [0.25, 0.3) is 0 Å². The lowest BCUT2D eigenvalue weighted by molar-refractivity contribution is -0.104. The Balaban J connectivity index is 2.02. The maximum Gasteiger partial charge on any atom is 0.212 e. The van der Waals surface area contributed by atoms with Crippen LogP contribution in [0.1, 0.15) is 25.7 Å². The van der Waals surface area contributed by atoms with Gasteiger partial charge in [-0.1, -0.05) is 0 Å². The van der Waals surface area contributed by atoms with Crippen LogP contribution in [0.15, 0.2) is 5.10 Å². The van der Waals surface area contributed by atoms with Crippen molar-refractivity contribution in [3.05, 3.63) is 0 Å². The average molecular weight is 233 g/mol. The van der Waals surface area contributed by atoms with E-state index in [1.807, 2.05) is 11.2 Å². The summed E-state index contributed by atoms with van der Waals surface area (Å²) in [6.07, 6.45) is 6.41. The van der Waals surface area contributed by atoms with E-state index in [2.05, 4.69) is 21.0 Å². The molecular formula is C8H13BrN2O. The van der Waals surface area contributed by atoms with Crippen LogP contribution in [0.5, 0.6) is 0 Å². The van der Waals surface area contributed by atoms with E-state index in [1.54, 1.807) is 0 Å². The number of hydrazone groups is 1. The van der Waals surface area contributed by atoms with Crippen molar-refractivity contribution in [2.75, 3.05) is 13.2 Å². The van der Waals surface area contributed by atoms with Crippen molar-refractivity contribution < 1.29 is 4.74 Å². The van der Waals surface area contributed by atoms with Gasteiger partial charge >= 0.3 is 0 Å². The van der Waals surface area contributed by atoms with Crippen molar-refractivity contribution in [3.8, 4) is 0 Å². The lowest BCUT2D eigenvalue weighted by Gasteiger charge is -2.38. The number of hydrogen-bond acceptors (Lipinski definition) is 3. The SMILES string of the molecule is BrC1(N2CCC=N2)CCCCO1. The molecule has 2 aliphatic rings. The zero-order valence-electron chi connectivity index (χ0n) is 7.00. The number of halogens is 1. The highest BCUT2D eigenvalue weighted by Gasteiger charge is 2.37. The van der Waals surface area contributed by atoms with E-state index in [0.717, 1.165) is 26.0 Å². The minimum atomic E-state index is -0.293. The molecule has 0 saturated carbocycles. The number of rotatable bonds is 1. The Kier molecular flexibility index (Phi) is 2.37. The lowest BCUT2D eigenvalue weighted by Crippen LogP contribution is -2.43. The van der Waals surface area contributed by atoms with Crippen LogP contribution in [0.3, 0.4) is 0 Å². The Hall–Kier alpha value is -0.0900. The number of alkyl halides is 1. The van der Waals surface area contributed by atoms with Crippen LogP contribution in [-0.2, 0) is 4.74 Å². The second kappa shape index (κ2) is 3.34. The fourth-order valence-corrected chi connectivity index (χ4v) is 2.31. The second-order valence-corrected chi connectivity index (χ2v) is 4.44. The molecule has 0 spiro atoms. The van der Waals surface area contributed by atoms with Crippen molar-refractivity contribution >= 4 is 22.1 Å². The molecule has 68 valence electrons. The molecule has 0 aromatic carbocycles. The maximum atomic E-state index is 5.68. The first-order valence-electron chi connectivity index (χ1n) is 4.44. The molecule has 0 aromatic heterocycles. The fraction of sp³-hybridized carbons (Fsp3) is 0.875. The number of ether oxygens (including phenoxy) is 1. The number of nitrogens with zero attached hydrogens (tertiary/aromatic N) is 2. The predicted octanol–water partition coefficient (Wildman–Crippen LogP) is 1.93. The van der Waals surface area contributed by atoms with Crippen molar-refractivity contribution in [1.82, 2.24) is 5.01 Å². The molecule has 2 rings (SSSR count). The zero-order chi connectivity index (χ0) is 8.44. The molecule has 1 unspecified atom stereocenters. The second-order valence-electron chi connectivity index (χ2n) is 3.20. The molecule has 0 bridgehead atoms. The summed E-state index contributed by atoms with van der Waals surface area (Å²) in [5.41, 5.74) is 0. The van der Waals surface area contributed by atoms with Gasteiger partial charge in [-0.15, -0.1) is 0 Å². The molecule has 12 heavy (non-hydrogen) atoms. The third-order valence-electron chi connectivity index (χ3n) is 2.28. The van der Waals surface area contributed by atoms with E-state index in [0.29, 0.717) is 0 Å². The highest BCUT2D eigenvalue weighted by atomic mass is 79.9. The third kappa shape index (κ3) is 1.50. The van der Waals surface area contributed by atoms with Crippen molar-refractivity contribution in [2.24, 2.45) is 5.10 Å². The molecule has 0 N–H and O–H groups in total. The van der Waals surface area contributed by atoms with Gasteiger partial charge in [0.1, 0.15) is 0 Å². The van der Waals surface area contributed by atoms with Crippen LogP contribution in [0.4, 0.5) is 0 Å². The molecule has 0 radical (unpaired) electrons. The molecule has 1 atom stereocenters. The smallest absolute Gasteiger partial charge is 0.212 e. The molecule has 1 saturated heterocycles. The van der Waals surface area contributed by atoms with Gasteiger partial charge in [0.05, 0.1) is 6.61 Å². The van der Waals surface area contributed by atoms with Gasteiger partial charge in [0, 0.05) is 25.6 Å². The van der Waals surface area contributed by atoms with Gasteiger partial charge in [0.15, 0.2) is 0 Å². The summed E-state index contributed by atoms with van der Waals surface area (Å²) in [6.45, 7) is 1.82. The first kappa shape index (κ1) is 8.51. The lowest BCUT2D eigenvalue weighted by atomic mass is 10.2. The van der Waals surface area contributed by atoms with Crippen LogP contribution in [0.25, 0.3) is 0 Å². The molecule has 4 heteroatoms. The predicted molar refractivity (Wildman–Crippen MR) is 51.3 cm³/mol. The first-order valence-corrected chi connectivity index (χ1v) is 5.23. The first-order chi connectivity index (χ1) is 5.81. The Morgan fingerprint density at radius 2 is 2.42 bits per heavy atom. The third-order valence-corrected chi connectivity index (χ3v) is 3.31. The molecule has 1 fully saturated rings. The molecule has 3 nitrogen and oxygen atoms in total. The van der Waals surface area contributed by atoms with E-state index in [-0.39, 0.29) is 4.63 Å². The molecular weight excluding hydrogens is 220 g/mol. The molecule has 0 amide bonds. The minimum absolute atomic E-state index is 0.293. The monoisotopic (exact) mass is 232 g/mol. The van der Waals surface area contributed by atoms with Gasteiger partial charge in [-0.05, 0) is 28.8 Å². The summed E-state index contributed by atoms with van der Waals surface area (Å²) < 4.78 is 5.38. The normalized spacial score (nSPS) is 35.9. The summed E-state index contributed by atoms with van der Waals surface area (Å²) in [4.78, 5) is 0. The zero-order valence-corrected chi connectivity index (χ0v) is 8.59. The van der Waals surface area contributed by atoms with E-state index < -0.39 is 0 Å². The van der Waals surface area contributed by atoms with Crippen LogP contribution in [0.2, 0.25) is 0 Å². The summed E-state index contributed by atoms with van der Waals surface area (Å²) in [6, 6.07) is 0. The highest BCUT2D eigenvalue weighted by molar-refractivity contribution is 9.10. The number of hydrogen-bond donors (Lipinski definition) is 0. The largest absolute Gasteiger partial charge is 0.345 e. The van der Waals surface area contributed by atoms with Gasteiger partial charge in [-0.2, -0.15) is 5.10 Å². The quantitative estimate of drug-likeness (QED) is 0.510. The molecule has 2 heterocycles. The van der Waals surface area contributed by atoms with E-state index in [9.17, 15) is 0 Å². The molecule has 0 aliphatic carbocycles. The maximum absolute atomic E-state index is 5.68. The van der Waals surface area contributed by atoms with Crippen LogP contribution in [-0.4, -0.2) is 29.0 Å². The van der Waals surface area contributed by atoms with Crippen molar-refractivity contribution in [2.45, 2.75) is 30.3 Å². The standard InChI is InChI=1S/C8H13BrN2O/c9-8(4-1-2-7-12-8)11-6-3-5-10-11/h5H,1-4,6-7H2. The molecule has 0 aromatic rings. The van der Waals surface area contributed by atoms with Crippen molar-refractivity contribution in [3.63, 3.8) is 0 Å². The summed E-state index contributed by atoms with van der Waals surface area (Å²) in [7, 11) is 0. The van der Waals surface area contributed by atoms with Crippen LogP contribution < -0.4 is 0 Å². The van der Waals surface area contributed by atoms with E-state index in [1.165, 1.54) is 12.8 Å². The van der Waals surface area contributed by atoms with Crippen LogP contribution in [0, 0.1) is 0 Å². The average Bonchev–Trinajstić information content (AvgIpc) is 2.58. The Bertz CT molecular complexity index is 189. The highest BCUT2D eigenvalue weighted by Crippen LogP contribution is 2.35. The Morgan fingerprint density at radius 1 is 1.50 bits per heavy atom. The van der Waals surface area contributed by atoms with Crippen molar-refractivity contribution in [1.29, 1.82) is 0 Å². The molecule has 2 aliphatic heterocycles. The Labute approximate surface area is 80.9 Å². The van der Waals surface area contributed by atoms with Crippen LogP contribution >= 0.6 is 15.9 Å². The summed E-state index contributed by atoms with van der Waals surface area (Å²) >= 11 is 3.61. The summed E-state index contributed by atoms with van der Waals surface area (Å²) in [5.74, 6) is 0. The fourth-order valence-electron chi connectivity index (χ4n) is 1.60. The van der Waals surface area contributed by atoms with Gasteiger partial charge < -0.3 is 4.74 Å². The van der Waals surface area contributed by atoms with Gasteiger partial charge in [0.2, 0.25) is 4.63 Å². The van der Waals surface area contributed by atoms with Gasteiger partial charge in [-0.3, -0.25) is 5.01 Å². The Morgan fingerprint density at radius 3 is 3.00 bits per heavy atom. The van der Waals surface area contributed by atoms with E-state index >= 15 is 0 Å². The topological polar surface area (TPSA) is 24.8 Å². The minimum Gasteiger partial charge on any atom is -0.345 e. The summed E-state index contributed by atoms with van der Waals surface area (Å²) in [5, 5.41) is 6.27.